The summed E-state index contributed by atoms with van der Waals surface area (Å²) in [6, 6.07) is 9.79. The summed E-state index contributed by atoms with van der Waals surface area (Å²) in [5.41, 5.74) is 5.09. The van der Waals surface area contributed by atoms with E-state index in [0.717, 1.165) is 37.4 Å². The van der Waals surface area contributed by atoms with Crippen LogP contribution in [0.15, 0.2) is 24.3 Å². The summed E-state index contributed by atoms with van der Waals surface area (Å²) >= 11 is 0. The van der Waals surface area contributed by atoms with Gasteiger partial charge in [-0.1, -0.05) is 31.8 Å². The molecule has 1 aliphatic heterocycles. The average Bonchev–Trinajstić information content (AvgIpc) is 2.97. The molecule has 0 saturated heterocycles. The van der Waals surface area contributed by atoms with Crippen LogP contribution in [-0.4, -0.2) is 38.1 Å². The minimum absolute atomic E-state index is 0.331. The highest BCUT2D eigenvalue weighted by molar-refractivity contribution is 6.76. The summed E-state index contributed by atoms with van der Waals surface area (Å²) in [4.78, 5) is 0. The molecule has 0 saturated carbocycles. The highest BCUT2D eigenvalue weighted by atomic mass is 28.3. The van der Waals surface area contributed by atoms with Crippen molar-refractivity contribution in [1.29, 1.82) is 0 Å². The van der Waals surface area contributed by atoms with E-state index >= 15 is 0 Å². The van der Waals surface area contributed by atoms with Gasteiger partial charge in [0.25, 0.3) is 0 Å². The van der Waals surface area contributed by atoms with E-state index in [9.17, 15) is 0 Å². The van der Waals surface area contributed by atoms with Gasteiger partial charge in [-0.05, 0) is 30.7 Å². The number of hydrogen-bond acceptors (Lipinski definition) is 4. The van der Waals surface area contributed by atoms with Crippen LogP contribution >= 0.6 is 0 Å². The first-order valence-electron chi connectivity index (χ1n) is 9.90. The van der Waals surface area contributed by atoms with Crippen LogP contribution in [0.3, 0.4) is 0 Å². The number of benzene rings is 1. The molecule has 148 valence electrons. The van der Waals surface area contributed by atoms with Gasteiger partial charge < -0.3 is 14.8 Å². The summed E-state index contributed by atoms with van der Waals surface area (Å²) < 4.78 is 13.3. The standard InChI is InChI=1S/C21H33N3O2Si/c1-16-21-19(14-17-6-8-18(25-2)9-7-17)23-24(20(21)10-11-22-16)15-26-12-13-27(3,4)5/h6-9,16,22H,10-15H2,1-5H3. The first-order chi connectivity index (χ1) is 12.9. The number of methoxy groups -OCH3 is 1. The summed E-state index contributed by atoms with van der Waals surface area (Å²) in [5, 5.41) is 8.52. The second-order valence-electron chi connectivity index (χ2n) is 8.61. The van der Waals surface area contributed by atoms with Gasteiger partial charge in [0.1, 0.15) is 12.5 Å². The number of hydrogen-bond donors (Lipinski definition) is 1. The minimum Gasteiger partial charge on any atom is -0.497 e. The van der Waals surface area contributed by atoms with Gasteiger partial charge in [-0.2, -0.15) is 5.10 Å². The lowest BCUT2D eigenvalue weighted by molar-refractivity contribution is 0.0759. The first kappa shape index (κ1) is 20.1. The monoisotopic (exact) mass is 387 g/mol. The SMILES string of the molecule is COc1ccc(Cc2nn(COCC[Si](C)(C)C)c3c2C(C)NCC3)cc1. The van der Waals surface area contributed by atoms with Crippen molar-refractivity contribution in [2.75, 3.05) is 20.3 Å². The van der Waals surface area contributed by atoms with Crippen molar-refractivity contribution < 1.29 is 9.47 Å². The van der Waals surface area contributed by atoms with Crippen LogP contribution in [0.5, 0.6) is 5.75 Å². The molecule has 5 nitrogen and oxygen atoms in total. The molecule has 1 unspecified atom stereocenters. The molecule has 1 aliphatic rings. The van der Waals surface area contributed by atoms with E-state index < -0.39 is 8.07 Å². The predicted octanol–water partition coefficient (Wildman–Crippen LogP) is 4.00. The van der Waals surface area contributed by atoms with Gasteiger partial charge >= 0.3 is 0 Å². The fraction of sp³-hybridized carbons (Fsp3) is 0.571. The van der Waals surface area contributed by atoms with Gasteiger partial charge in [-0.3, -0.25) is 0 Å². The Kier molecular flexibility index (Phi) is 6.39. The van der Waals surface area contributed by atoms with Crippen LogP contribution in [0.1, 0.15) is 35.5 Å². The molecule has 6 heteroatoms. The molecule has 0 radical (unpaired) electrons. The number of ether oxygens (including phenoxy) is 2. The fourth-order valence-electron chi connectivity index (χ4n) is 3.54. The topological polar surface area (TPSA) is 48.3 Å². The van der Waals surface area contributed by atoms with Gasteiger partial charge in [0.05, 0.1) is 12.8 Å². The Morgan fingerprint density at radius 1 is 1.22 bits per heavy atom. The molecule has 0 bridgehead atoms. The largest absolute Gasteiger partial charge is 0.497 e. The Hall–Kier alpha value is -1.63. The fourth-order valence-corrected chi connectivity index (χ4v) is 4.30. The lowest BCUT2D eigenvalue weighted by Crippen LogP contribution is -2.29. The molecule has 27 heavy (non-hydrogen) atoms. The number of rotatable bonds is 8. The molecular formula is C21H33N3O2Si. The Balaban J connectivity index is 1.76. The van der Waals surface area contributed by atoms with Gasteiger partial charge in [0, 0.05) is 51.4 Å². The normalized spacial score (nSPS) is 17.0. The molecule has 1 atom stereocenters. The van der Waals surface area contributed by atoms with Gasteiger partial charge in [0.15, 0.2) is 0 Å². The quantitative estimate of drug-likeness (QED) is 0.549. The van der Waals surface area contributed by atoms with Crippen LogP contribution in [0.4, 0.5) is 0 Å². The summed E-state index contributed by atoms with van der Waals surface area (Å²) in [5.74, 6) is 0.886. The van der Waals surface area contributed by atoms with Gasteiger partial charge in [-0.25, -0.2) is 4.68 Å². The van der Waals surface area contributed by atoms with Gasteiger partial charge in [0.2, 0.25) is 0 Å². The molecule has 2 heterocycles. The second kappa shape index (κ2) is 8.58. The summed E-state index contributed by atoms with van der Waals surface area (Å²) in [6.45, 7) is 11.8. The van der Waals surface area contributed by atoms with Crippen molar-refractivity contribution in [3.63, 3.8) is 0 Å². The smallest absolute Gasteiger partial charge is 0.139 e. The molecule has 2 aromatic rings. The zero-order chi connectivity index (χ0) is 19.4. The van der Waals surface area contributed by atoms with E-state index in [4.69, 9.17) is 14.6 Å². The maximum atomic E-state index is 5.99. The molecule has 0 amide bonds. The average molecular weight is 388 g/mol. The number of nitrogens with one attached hydrogen (secondary N) is 1. The maximum absolute atomic E-state index is 5.99. The molecule has 0 aliphatic carbocycles. The van der Waals surface area contributed by atoms with E-state index in [-0.39, 0.29) is 0 Å². The van der Waals surface area contributed by atoms with E-state index in [1.807, 2.05) is 12.1 Å². The Labute approximate surface area is 164 Å². The molecule has 0 fully saturated rings. The van der Waals surface area contributed by atoms with Crippen molar-refractivity contribution in [3.8, 4) is 5.75 Å². The zero-order valence-corrected chi connectivity index (χ0v) is 18.3. The predicted molar refractivity (Wildman–Crippen MR) is 112 cm³/mol. The minimum atomic E-state index is -1.06. The summed E-state index contributed by atoms with van der Waals surface area (Å²) in [6.07, 6.45) is 1.84. The highest BCUT2D eigenvalue weighted by Gasteiger charge is 2.25. The van der Waals surface area contributed by atoms with Crippen LogP contribution in [-0.2, 0) is 24.3 Å². The van der Waals surface area contributed by atoms with Crippen molar-refractivity contribution in [2.45, 2.75) is 58.2 Å². The Morgan fingerprint density at radius 2 is 1.96 bits per heavy atom. The highest BCUT2D eigenvalue weighted by Crippen LogP contribution is 2.28. The number of fused-ring (bicyclic) bond motifs is 1. The van der Waals surface area contributed by atoms with E-state index in [2.05, 4.69) is 48.7 Å². The van der Waals surface area contributed by atoms with Crippen LogP contribution in [0, 0.1) is 0 Å². The van der Waals surface area contributed by atoms with Crippen LogP contribution in [0.2, 0.25) is 25.7 Å². The zero-order valence-electron chi connectivity index (χ0n) is 17.3. The molecule has 3 rings (SSSR count). The van der Waals surface area contributed by atoms with E-state index in [0.29, 0.717) is 12.8 Å². The number of aromatic nitrogens is 2. The molecule has 1 aromatic heterocycles. The molecule has 1 N–H and O–H groups in total. The molecule has 1 aromatic carbocycles. The van der Waals surface area contributed by atoms with Crippen LogP contribution in [0.25, 0.3) is 0 Å². The lowest BCUT2D eigenvalue weighted by atomic mass is 9.96. The molecule has 0 spiro atoms. The van der Waals surface area contributed by atoms with Crippen LogP contribution < -0.4 is 10.1 Å². The summed E-state index contributed by atoms with van der Waals surface area (Å²) in [7, 11) is 0.633. The van der Waals surface area contributed by atoms with E-state index in [1.165, 1.54) is 22.9 Å². The Morgan fingerprint density at radius 3 is 2.63 bits per heavy atom. The Bertz CT molecular complexity index is 750. The second-order valence-corrected chi connectivity index (χ2v) is 14.2. The van der Waals surface area contributed by atoms with Crippen molar-refractivity contribution in [2.24, 2.45) is 0 Å². The maximum Gasteiger partial charge on any atom is 0.139 e. The third kappa shape index (κ3) is 5.21. The third-order valence-electron chi connectivity index (χ3n) is 5.16. The third-order valence-corrected chi connectivity index (χ3v) is 6.86. The van der Waals surface area contributed by atoms with Gasteiger partial charge in [-0.15, -0.1) is 0 Å². The van der Waals surface area contributed by atoms with Crippen molar-refractivity contribution >= 4 is 8.07 Å². The molecular weight excluding hydrogens is 354 g/mol. The van der Waals surface area contributed by atoms with Crippen molar-refractivity contribution in [1.82, 2.24) is 15.1 Å². The van der Waals surface area contributed by atoms with E-state index in [1.54, 1.807) is 7.11 Å². The number of nitrogens with zero attached hydrogens (tertiary/aromatic N) is 2. The lowest BCUT2D eigenvalue weighted by Gasteiger charge is -2.22. The van der Waals surface area contributed by atoms with Crippen molar-refractivity contribution in [3.05, 3.63) is 46.8 Å². The first-order valence-corrected chi connectivity index (χ1v) is 13.6.